The van der Waals surface area contributed by atoms with Crippen LogP contribution in [0.4, 0.5) is 0 Å². The normalized spacial score (nSPS) is 16.6. The monoisotopic (exact) mass is 356 g/mol. The summed E-state index contributed by atoms with van der Waals surface area (Å²) in [5.41, 5.74) is 0. The van der Waals surface area contributed by atoms with Gasteiger partial charge in [0.2, 0.25) is 0 Å². The summed E-state index contributed by atoms with van der Waals surface area (Å²) in [5, 5.41) is 0. The summed E-state index contributed by atoms with van der Waals surface area (Å²) in [4.78, 5) is 27.8. The zero-order valence-electron chi connectivity index (χ0n) is 16.3. The topological polar surface area (TPSA) is 59.1 Å². The number of ether oxygens (including phenoxy) is 2. The molecule has 0 amide bonds. The molecular weight excluding hydrogens is 320 g/mol. The molecule has 0 spiro atoms. The van der Waals surface area contributed by atoms with Crippen LogP contribution < -0.4 is 0 Å². The molecule has 1 fully saturated rings. The SMILES string of the molecule is CCCC(=O)OCCC(C)OC(=O)CCN(C)CCN1CCCCC1. The highest BCUT2D eigenvalue weighted by molar-refractivity contribution is 5.70. The van der Waals surface area contributed by atoms with E-state index in [2.05, 4.69) is 9.80 Å². The summed E-state index contributed by atoms with van der Waals surface area (Å²) in [6.45, 7) is 9.27. The summed E-state index contributed by atoms with van der Waals surface area (Å²) in [7, 11) is 2.05. The van der Waals surface area contributed by atoms with Gasteiger partial charge in [0, 0.05) is 32.5 Å². The first-order valence-electron chi connectivity index (χ1n) is 9.77. The number of carbonyl (C=O) groups excluding carboxylic acids is 2. The minimum atomic E-state index is -0.222. The van der Waals surface area contributed by atoms with Crippen LogP contribution in [0.3, 0.4) is 0 Å². The molecule has 146 valence electrons. The second-order valence-corrected chi connectivity index (χ2v) is 7.02. The third kappa shape index (κ3) is 11.2. The van der Waals surface area contributed by atoms with Crippen LogP contribution in [0.2, 0.25) is 0 Å². The molecule has 6 heteroatoms. The van der Waals surface area contributed by atoms with Crippen molar-refractivity contribution in [1.82, 2.24) is 9.80 Å². The molecular formula is C19H36N2O4. The van der Waals surface area contributed by atoms with Crippen LogP contribution >= 0.6 is 0 Å². The first kappa shape index (κ1) is 21.9. The van der Waals surface area contributed by atoms with Gasteiger partial charge in [-0.2, -0.15) is 0 Å². The summed E-state index contributed by atoms with van der Waals surface area (Å²) in [6, 6.07) is 0. The van der Waals surface area contributed by atoms with E-state index in [0.717, 1.165) is 19.5 Å². The lowest BCUT2D eigenvalue weighted by atomic mass is 10.1. The number of esters is 2. The first-order valence-corrected chi connectivity index (χ1v) is 9.77. The summed E-state index contributed by atoms with van der Waals surface area (Å²) < 4.78 is 10.4. The Balaban J connectivity index is 2.05. The molecule has 1 aliphatic heterocycles. The Hall–Kier alpha value is -1.14. The first-order chi connectivity index (χ1) is 12.0. The Morgan fingerprint density at radius 1 is 1.08 bits per heavy atom. The lowest BCUT2D eigenvalue weighted by Gasteiger charge is -2.28. The predicted molar refractivity (Wildman–Crippen MR) is 98.4 cm³/mol. The number of piperidine rings is 1. The molecule has 1 unspecified atom stereocenters. The van der Waals surface area contributed by atoms with Crippen molar-refractivity contribution in [2.75, 3.05) is 46.4 Å². The third-order valence-corrected chi connectivity index (χ3v) is 4.52. The van der Waals surface area contributed by atoms with E-state index in [0.29, 0.717) is 32.4 Å². The van der Waals surface area contributed by atoms with Crippen LogP contribution in [0.5, 0.6) is 0 Å². The van der Waals surface area contributed by atoms with Crippen molar-refractivity contribution < 1.29 is 19.1 Å². The number of hydrogen-bond acceptors (Lipinski definition) is 6. The molecule has 0 aliphatic carbocycles. The molecule has 0 aromatic heterocycles. The quantitative estimate of drug-likeness (QED) is 0.501. The van der Waals surface area contributed by atoms with E-state index < -0.39 is 0 Å². The number of hydrogen-bond donors (Lipinski definition) is 0. The Labute approximate surface area is 152 Å². The Morgan fingerprint density at radius 3 is 2.48 bits per heavy atom. The highest BCUT2D eigenvalue weighted by atomic mass is 16.6. The van der Waals surface area contributed by atoms with Gasteiger partial charge in [-0.3, -0.25) is 9.59 Å². The summed E-state index contributed by atoms with van der Waals surface area (Å²) in [5.74, 6) is -0.367. The number of rotatable bonds is 12. The highest BCUT2D eigenvalue weighted by Crippen LogP contribution is 2.08. The Kier molecular flexibility index (Phi) is 11.5. The molecule has 6 nitrogen and oxygen atoms in total. The van der Waals surface area contributed by atoms with Gasteiger partial charge < -0.3 is 19.3 Å². The van der Waals surface area contributed by atoms with Crippen molar-refractivity contribution in [2.45, 2.75) is 64.9 Å². The average Bonchev–Trinajstić information content (AvgIpc) is 2.59. The lowest BCUT2D eigenvalue weighted by Crippen LogP contribution is -2.37. The van der Waals surface area contributed by atoms with Crippen molar-refractivity contribution in [3.05, 3.63) is 0 Å². The molecule has 0 aromatic carbocycles. The van der Waals surface area contributed by atoms with Crippen LogP contribution in [0.1, 0.15) is 58.8 Å². The van der Waals surface area contributed by atoms with Crippen LogP contribution in [-0.2, 0) is 19.1 Å². The largest absolute Gasteiger partial charge is 0.466 e. The second-order valence-electron chi connectivity index (χ2n) is 7.02. The van der Waals surface area contributed by atoms with Gasteiger partial charge in [0.05, 0.1) is 13.0 Å². The Morgan fingerprint density at radius 2 is 1.80 bits per heavy atom. The minimum absolute atomic E-state index is 0.183. The van der Waals surface area contributed by atoms with E-state index >= 15 is 0 Å². The fourth-order valence-electron chi connectivity index (χ4n) is 2.85. The summed E-state index contributed by atoms with van der Waals surface area (Å²) >= 11 is 0. The van der Waals surface area contributed by atoms with Gasteiger partial charge in [0.25, 0.3) is 0 Å². The Bertz CT molecular complexity index is 384. The second kappa shape index (κ2) is 13.1. The van der Waals surface area contributed by atoms with Gasteiger partial charge in [-0.15, -0.1) is 0 Å². The van der Waals surface area contributed by atoms with Gasteiger partial charge in [-0.05, 0) is 46.3 Å². The van der Waals surface area contributed by atoms with Crippen molar-refractivity contribution in [1.29, 1.82) is 0 Å². The van der Waals surface area contributed by atoms with Crippen molar-refractivity contribution in [3.8, 4) is 0 Å². The van der Waals surface area contributed by atoms with Crippen molar-refractivity contribution in [3.63, 3.8) is 0 Å². The number of likely N-dealkylation sites (N-methyl/N-ethyl adjacent to an activating group) is 1. The molecule has 0 radical (unpaired) electrons. The van der Waals surface area contributed by atoms with Gasteiger partial charge >= 0.3 is 11.9 Å². The van der Waals surface area contributed by atoms with Crippen molar-refractivity contribution in [2.24, 2.45) is 0 Å². The van der Waals surface area contributed by atoms with Crippen LogP contribution in [0, 0.1) is 0 Å². The zero-order valence-corrected chi connectivity index (χ0v) is 16.3. The maximum atomic E-state index is 11.9. The van der Waals surface area contributed by atoms with Gasteiger partial charge in [0.1, 0.15) is 6.10 Å². The fourth-order valence-corrected chi connectivity index (χ4v) is 2.85. The summed E-state index contributed by atoms with van der Waals surface area (Å²) in [6.07, 6.45) is 5.92. The van der Waals surface area contributed by atoms with Crippen LogP contribution in [0.15, 0.2) is 0 Å². The smallest absolute Gasteiger partial charge is 0.307 e. The predicted octanol–water partition coefficient (Wildman–Crippen LogP) is 2.46. The highest BCUT2D eigenvalue weighted by Gasteiger charge is 2.13. The molecule has 0 saturated carbocycles. The fraction of sp³-hybridized carbons (Fsp3) is 0.895. The van der Waals surface area contributed by atoms with Gasteiger partial charge in [0.15, 0.2) is 0 Å². The van der Waals surface area contributed by atoms with E-state index in [9.17, 15) is 9.59 Å². The molecule has 1 atom stereocenters. The maximum Gasteiger partial charge on any atom is 0.307 e. The van der Waals surface area contributed by atoms with Gasteiger partial charge in [-0.25, -0.2) is 0 Å². The van der Waals surface area contributed by atoms with E-state index in [1.54, 1.807) is 0 Å². The van der Waals surface area contributed by atoms with Crippen molar-refractivity contribution >= 4 is 11.9 Å². The number of carbonyl (C=O) groups is 2. The molecule has 0 N–H and O–H groups in total. The number of nitrogens with zero attached hydrogens (tertiary/aromatic N) is 2. The molecule has 1 heterocycles. The maximum absolute atomic E-state index is 11.9. The van der Waals surface area contributed by atoms with E-state index in [1.807, 2.05) is 20.9 Å². The molecule has 1 saturated heterocycles. The van der Waals surface area contributed by atoms with E-state index in [1.165, 1.54) is 32.4 Å². The lowest BCUT2D eigenvalue weighted by molar-refractivity contribution is -0.150. The standard InChI is InChI=1S/C19H36N2O4/c1-4-8-18(22)24-16-10-17(2)25-19(23)9-13-20(3)14-15-21-11-6-5-7-12-21/h17H,4-16H2,1-3H3. The third-order valence-electron chi connectivity index (χ3n) is 4.52. The van der Waals surface area contributed by atoms with E-state index in [4.69, 9.17) is 9.47 Å². The van der Waals surface area contributed by atoms with Crippen LogP contribution in [-0.4, -0.2) is 74.2 Å². The number of likely N-dealkylation sites (tertiary alicyclic amines) is 1. The molecule has 1 rings (SSSR count). The average molecular weight is 357 g/mol. The molecule has 25 heavy (non-hydrogen) atoms. The molecule has 0 bridgehead atoms. The van der Waals surface area contributed by atoms with E-state index in [-0.39, 0.29) is 18.0 Å². The van der Waals surface area contributed by atoms with Crippen LogP contribution in [0.25, 0.3) is 0 Å². The van der Waals surface area contributed by atoms with Gasteiger partial charge in [-0.1, -0.05) is 13.3 Å². The zero-order chi connectivity index (χ0) is 18.5. The molecule has 0 aromatic rings. The minimum Gasteiger partial charge on any atom is -0.466 e. The molecule has 1 aliphatic rings.